The molecule has 0 saturated carbocycles. The highest BCUT2D eigenvalue weighted by atomic mass is 35.5. The Morgan fingerprint density at radius 3 is 2.39 bits per heavy atom. The van der Waals surface area contributed by atoms with E-state index < -0.39 is 23.6 Å². The van der Waals surface area contributed by atoms with E-state index in [9.17, 15) is 14.4 Å². The van der Waals surface area contributed by atoms with Crippen LogP contribution in [0.25, 0.3) is 17.1 Å². The van der Waals surface area contributed by atoms with Gasteiger partial charge in [0.2, 0.25) is 5.78 Å². The number of halogens is 1. The third kappa shape index (κ3) is 5.65. The van der Waals surface area contributed by atoms with Crippen molar-refractivity contribution in [1.82, 2.24) is 25.6 Å². The van der Waals surface area contributed by atoms with Gasteiger partial charge in [0, 0.05) is 18.2 Å². The molecule has 2 aromatic heterocycles. The molecule has 10 heteroatoms. The monoisotopic (exact) mass is 503 g/mol. The molecule has 2 aromatic carbocycles. The maximum atomic E-state index is 13.3. The summed E-state index contributed by atoms with van der Waals surface area (Å²) in [5.74, 6) is -2.22. The van der Waals surface area contributed by atoms with Gasteiger partial charge in [-0.3, -0.25) is 19.2 Å². The molecule has 1 atom stereocenters. The zero-order valence-electron chi connectivity index (χ0n) is 19.2. The van der Waals surface area contributed by atoms with Gasteiger partial charge in [-0.15, -0.1) is 0 Å². The molecule has 0 spiro atoms. The Morgan fingerprint density at radius 2 is 1.69 bits per heavy atom. The van der Waals surface area contributed by atoms with Gasteiger partial charge >= 0.3 is 5.91 Å². The van der Waals surface area contributed by atoms with Crippen LogP contribution < -0.4 is 10.8 Å². The number of carbonyl (C=O) groups excluding carboxylic acids is 3. The van der Waals surface area contributed by atoms with Gasteiger partial charge in [0.25, 0.3) is 5.91 Å². The molecular weight excluding hydrogens is 482 g/mol. The molecule has 0 aliphatic carbocycles. The molecule has 0 bridgehead atoms. The number of Topliss-reactive ketones (excluding diaryl/α,β-unsaturated/α-hetero) is 1. The lowest BCUT2D eigenvalue weighted by Crippen LogP contribution is -2.48. The fraction of sp³-hybridized carbons (Fsp3) is 0.115. The van der Waals surface area contributed by atoms with Crippen molar-refractivity contribution in [3.8, 4) is 17.1 Å². The highest BCUT2D eigenvalue weighted by molar-refractivity contribution is 6.38. The number of rotatable bonds is 9. The Bertz CT molecular complexity index is 1380. The van der Waals surface area contributed by atoms with Gasteiger partial charge in [0.05, 0.1) is 23.9 Å². The second kappa shape index (κ2) is 11.4. The second-order valence-electron chi connectivity index (χ2n) is 7.73. The van der Waals surface area contributed by atoms with Crippen LogP contribution in [0, 0.1) is 0 Å². The summed E-state index contributed by atoms with van der Waals surface area (Å²) in [7, 11) is 1.22. The molecule has 9 nitrogen and oxygen atoms in total. The summed E-state index contributed by atoms with van der Waals surface area (Å²) in [5, 5.41) is 7.57. The highest BCUT2D eigenvalue weighted by Crippen LogP contribution is 2.27. The Morgan fingerprint density at radius 1 is 1.00 bits per heavy atom. The minimum Gasteiger partial charge on any atom is -0.341 e. The summed E-state index contributed by atoms with van der Waals surface area (Å²) in [6, 6.07) is 20.4. The van der Waals surface area contributed by atoms with Crippen LogP contribution in [0.15, 0.2) is 85.2 Å². The number of nitrogens with zero attached hydrogens (tertiary/aromatic N) is 3. The van der Waals surface area contributed by atoms with Crippen molar-refractivity contribution in [3.05, 3.63) is 101 Å². The summed E-state index contributed by atoms with van der Waals surface area (Å²) in [5.41, 5.74) is 4.25. The van der Waals surface area contributed by atoms with E-state index in [1.165, 1.54) is 18.0 Å². The first-order valence-electron chi connectivity index (χ1n) is 11.0. The Labute approximate surface area is 212 Å². The van der Waals surface area contributed by atoms with Crippen LogP contribution in [0.5, 0.6) is 0 Å². The van der Waals surface area contributed by atoms with Gasteiger partial charge in [-0.25, -0.2) is 15.1 Å². The number of benzene rings is 2. The molecule has 2 amide bonds. The summed E-state index contributed by atoms with van der Waals surface area (Å²) < 4.78 is 1.41. The van der Waals surface area contributed by atoms with Crippen LogP contribution in [-0.4, -0.2) is 45.5 Å². The minimum absolute atomic E-state index is 0.101. The third-order valence-electron chi connectivity index (χ3n) is 5.29. The van der Waals surface area contributed by atoms with Gasteiger partial charge in [-0.2, -0.15) is 5.10 Å². The zero-order chi connectivity index (χ0) is 25.5. The molecule has 0 unspecified atom stereocenters. The minimum atomic E-state index is -1.15. The van der Waals surface area contributed by atoms with E-state index in [1.807, 2.05) is 41.9 Å². The number of carbonyl (C=O) groups is 3. The number of pyridine rings is 1. The topological polar surface area (TPSA) is 115 Å². The van der Waals surface area contributed by atoms with Crippen LogP contribution in [0.1, 0.15) is 15.9 Å². The van der Waals surface area contributed by atoms with Gasteiger partial charge < -0.3 is 5.32 Å². The molecule has 182 valence electrons. The summed E-state index contributed by atoms with van der Waals surface area (Å²) in [6.07, 6.45) is 3.17. The first kappa shape index (κ1) is 24.8. The predicted molar refractivity (Wildman–Crippen MR) is 133 cm³/mol. The van der Waals surface area contributed by atoms with Crippen molar-refractivity contribution in [1.29, 1.82) is 0 Å². The second-order valence-corrected chi connectivity index (χ2v) is 8.13. The van der Waals surface area contributed by atoms with Crippen molar-refractivity contribution in [2.75, 3.05) is 7.11 Å². The van der Waals surface area contributed by atoms with E-state index >= 15 is 0 Å². The zero-order valence-corrected chi connectivity index (χ0v) is 20.0. The Balaban J connectivity index is 1.64. The summed E-state index contributed by atoms with van der Waals surface area (Å²) in [6.45, 7) is 0. The lowest BCUT2D eigenvalue weighted by molar-refractivity contribution is -0.145. The number of hydrogen-bond donors (Lipinski definition) is 2. The van der Waals surface area contributed by atoms with E-state index in [1.54, 1.807) is 42.6 Å². The summed E-state index contributed by atoms with van der Waals surface area (Å²) >= 11 is 6.43. The first-order valence-corrected chi connectivity index (χ1v) is 11.3. The van der Waals surface area contributed by atoms with E-state index in [4.69, 9.17) is 11.6 Å². The van der Waals surface area contributed by atoms with Crippen LogP contribution in [0.4, 0.5) is 0 Å². The van der Waals surface area contributed by atoms with Gasteiger partial charge in [-0.1, -0.05) is 72.3 Å². The van der Waals surface area contributed by atoms with Crippen LogP contribution in [0.3, 0.4) is 0 Å². The van der Waals surface area contributed by atoms with Gasteiger partial charge in [0.15, 0.2) is 5.82 Å². The number of hydroxylamine groups is 1. The fourth-order valence-corrected chi connectivity index (χ4v) is 3.85. The molecule has 0 radical (unpaired) electrons. The van der Waals surface area contributed by atoms with Crippen LogP contribution in [0.2, 0.25) is 5.02 Å². The molecule has 2 heterocycles. The maximum Gasteiger partial charge on any atom is 0.313 e. The Kier molecular flexibility index (Phi) is 7.84. The standard InChI is InChI=1S/C26H22ClN5O4/c1-36-31-26(35)23(33)21(15-17-9-4-2-5-10-17)29-25(34)19-13-8-14-28-24(19)32-16-20(27)22(30-32)18-11-6-3-7-12-18/h2-14,16,21H,15H2,1H3,(H,29,34)(H,31,35)/t21-/m0/s1. The predicted octanol–water partition coefficient (Wildman–Crippen LogP) is 3.18. The molecule has 0 aliphatic rings. The molecule has 2 N–H and O–H groups in total. The van der Waals surface area contributed by atoms with Crippen LogP contribution in [-0.2, 0) is 20.8 Å². The molecule has 0 fully saturated rings. The molecule has 0 saturated heterocycles. The third-order valence-corrected chi connectivity index (χ3v) is 5.56. The van der Waals surface area contributed by atoms with Crippen molar-refractivity contribution in [3.63, 3.8) is 0 Å². The van der Waals surface area contributed by atoms with Crippen LogP contribution >= 0.6 is 11.6 Å². The maximum absolute atomic E-state index is 13.3. The molecule has 0 aliphatic heterocycles. The van der Waals surface area contributed by atoms with Crippen molar-refractivity contribution in [2.45, 2.75) is 12.5 Å². The smallest absolute Gasteiger partial charge is 0.313 e. The average Bonchev–Trinajstić information content (AvgIpc) is 3.30. The van der Waals surface area contributed by atoms with Gasteiger partial charge in [0.1, 0.15) is 11.7 Å². The van der Waals surface area contributed by atoms with Crippen molar-refractivity contribution < 1.29 is 19.2 Å². The largest absolute Gasteiger partial charge is 0.341 e. The number of hydrogen-bond acceptors (Lipinski definition) is 6. The fourth-order valence-electron chi connectivity index (χ4n) is 3.61. The number of nitrogens with one attached hydrogen (secondary N) is 2. The molecular formula is C26H22ClN5O4. The summed E-state index contributed by atoms with van der Waals surface area (Å²) in [4.78, 5) is 47.2. The molecule has 36 heavy (non-hydrogen) atoms. The van der Waals surface area contributed by atoms with Crippen molar-refractivity contribution >= 4 is 29.2 Å². The lowest BCUT2D eigenvalue weighted by Gasteiger charge is -2.18. The molecule has 4 rings (SSSR count). The van der Waals surface area contributed by atoms with Crippen molar-refractivity contribution in [2.24, 2.45) is 0 Å². The quantitative estimate of drug-likeness (QED) is 0.268. The number of ketones is 1. The number of amides is 2. The van der Waals surface area contributed by atoms with E-state index in [-0.39, 0.29) is 17.8 Å². The molecule has 4 aromatic rings. The average molecular weight is 504 g/mol. The first-order chi connectivity index (χ1) is 17.5. The Hall–Kier alpha value is -4.34. The normalized spacial score (nSPS) is 11.5. The number of aromatic nitrogens is 3. The van der Waals surface area contributed by atoms with Gasteiger partial charge in [-0.05, 0) is 17.7 Å². The highest BCUT2D eigenvalue weighted by Gasteiger charge is 2.29. The SMILES string of the molecule is CONC(=O)C(=O)[C@H](Cc1ccccc1)NC(=O)c1cccnc1-n1cc(Cl)c(-c2ccccc2)n1. The van der Waals surface area contributed by atoms with E-state index in [2.05, 4.69) is 20.2 Å². The van der Waals surface area contributed by atoms with E-state index in [0.29, 0.717) is 10.7 Å². The van der Waals surface area contributed by atoms with E-state index in [0.717, 1.165) is 11.1 Å². The lowest BCUT2D eigenvalue weighted by atomic mass is 10.0.